The highest BCUT2D eigenvalue weighted by Gasteiger charge is 2.34. The van der Waals surface area contributed by atoms with Crippen molar-refractivity contribution < 1.29 is 15.3 Å². The SMILES string of the molecule is CC(Cc1ccccc1O)(c1ccccc1O)c1ccccc1O. The average molecular weight is 320 g/mol. The molecule has 3 aromatic rings. The zero-order valence-corrected chi connectivity index (χ0v) is 13.5. The van der Waals surface area contributed by atoms with E-state index < -0.39 is 5.41 Å². The Kier molecular flexibility index (Phi) is 4.17. The summed E-state index contributed by atoms with van der Waals surface area (Å²) in [6.07, 6.45) is 0.439. The van der Waals surface area contributed by atoms with Gasteiger partial charge in [0.2, 0.25) is 0 Å². The van der Waals surface area contributed by atoms with Gasteiger partial charge >= 0.3 is 0 Å². The molecule has 0 unspecified atom stereocenters. The first kappa shape index (κ1) is 15.9. The zero-order chi connectivity index (χ0) is 17.2. The smallest absolute Gasteiger partial charge is 0.119 e. The summed E-state index contributed by atoms with van der Waals surface area (Å²) < 4.78 is 0. The largest absolute Gasteiger partial charge is 0.508 e. The Morgan fingerprint density at radius 1 is 0.625 bits per heavy atom. The molecule has 24 heavy (non-hydrogen) atoms. The van der Waals surface area contributed by atoms with Crippen LogP contribution < -0.4 is 0 Å². The van der Waals surface area contributed by atoms with Gasteiger partial charge in [-0.15, -0.1) is 0 Å². The molecule has 0 radical (unpaired) electrons. The molecule has 3 rings (SSSR count). The molecule has 0 heterocycles. The topological polar surface area (TPSA) is 60.7 Å². The van der Waals surface area contributed by atoms with E-state index in [4.69, 9.17) is 0 Å². The minimum atomic E-state index is -0.699. The predicted molar refractivity (Wildman–Crippen MR) is 94.5 cm³/mol. The standard InChI is InChI=1S/C21H20O3/c1-21(16-9-3-6-12-19(16)23,17-10-4-7-13-20(17)24)14-15-8-2-5-11-18(15)22/h2-13,22-24H,14H2,1H3. The molecule has 0 amide bonds. The molecule has 3 nitrogen and oxygen atoms in total. The number of phenolic OH excluding ortho intramolecular Hbond substituents is 3. The van der Waals surface area contributed by atoms with Gasteiger partial charge in [-0.1, -0.05) is 61.5 Å². The molecule has 0 saturated heterocycles. The summed E-state index contributed by atoms with van der Waals surface area (Å²) in [5, 5.41) is 31.0. The molecule has 0 aliphatic rings. The maximum absolute atomic E-state index is 10.4. The summed E-state index contributed by atoms with van der Waals surface area (Å²) in [5.41, 5.74) is 1.46. The lowest BCUT2D eigenvalue weighted by atomic mass is 9.71. The zero-order valence-electron chi connectivity index (χ0n) is 13.5. The molecule has 0 aliphatic carbocycles. The van der Waals surface area contributed by atoms with Crippen LogP contribution in [0, 0.1) is 0 Å². The van der Waals surface area contributed by atoms with Gasteiger partial charge in [-0.2, -0.15) is 0 Å². The van der Waals surface area contributed by atoms with Crippen LogP contribution in [0.5, 0.6) is 17.2 Å². The van der Waals surface area contributed by atoms with Crippen LogP contribution in [0.1, 0.15) is 23.6 Å². The summed E-state index contributed by atoms with van der Waals surface area (Å²) in [5.74, 6) is 0.534. The molecule has 0 fully saturated rings. The minimum absolute atomic E-state index is 0.165. The molecule has 0 aliphatic heterocycles. The van der Waals surface area contributed by atoms with Crippen molar-refractivity contribution in [2.24, 2.45) is 0 Å². The van der Waals surface area contributed by atoms with E-state index in [0.717, 1.165) is 5.56 Å². The number of aromatic hydroxyl groups is 3. The number of hydrogen-bond acceptors (Lipinski definition) is 3. The molecule has 0 aromatic heterocycles. The lowest BCUT2D eigenvalue weighted by molar-refractivity contribution is 0.417. The number of para-hydroxylation sites is 3. The summed E-state index contributed by atoms with van der Waals surface area (Å²) in [6, 6.07) is 21.4. The average Bonchev–Trinajstić information content (AvgIpc) is 2.57. The van der Waals surface area contributed by atoms with E-state index >= 15 is 0 Å². The summed E-state index contributed by atoms with van der Waals surface area (Å²) in [7, 11) is 0. The van der Waals surface area contributed by atoms with Crippen molar-refractivity contribution in [2.75, 3.05) is 0 Å². The number of hydrogen-bond donors (Lipinski definition) is 3. The number of benzene rings is 3. The first-order chi connectivity index (χ1) is 11.5. The maximum atomic E-state index is 10.4. The monoisotopic (exact) mass is 320 g/mol. The summed E-state index contributed by atoms with van der Waals surface area (Å²) in [6.45, 7) is 1.96. The lowest BCUT2D eigenvalue weighted by Crippen LogP contribution is -2.27. The molecular weight excluding hydrogens is 300 g/mol. The van der Waals surface area contributed by atoms with Crippen LogP contribution in [0.25, 0.3) is 0 Å². The Morgan fingerprint density at radius 3 is 1.50 bits per heavy atom. The highest BCUT2D eigenvalue weighted by molar-refractivity contribution is 5.52. The molecular formula is C21H20O3. The molecule has 0 spiro atoms. The molecule has 0 atom stereocenters. The van der Waals surface area contributed by atoms with E-state index in [0.29, 0.717) is 17.5 Å². The first-order valence-electron chi connectivity index (χ1n) is 7.86. The number of rotatable bonds is 4. The van der Waals surface area contributed by atoms with Gasteiger partial charge in [0.25, 0.3) is 0 Å². The summed E-state index contributed by atoms with van der Waals surface area (Å²) in [4.78, 5) is 0. The van der Waals surface area contributed by atoms with Gasteiger partial charge in [0.05, 0.1) is 0 Å². The van der Waals surface area contributed by atoms with Gasteiger partial charge in [-0.05, 0) is 30.2 Å². The lowest BCUT2D eigenvalue weighted by Gasteiger charge is -2.32. The Bertz CT molecular complexity index is 809. The van der Waals surface area contributed by atoms with Crippen LogP contribution in [-0.2, 0) is 11.8 Å². The molecule has 0 bridgehead atoms. The van der Waals surface area contributed by atoms with Gasteiger partial charge in [0.1, 0.15) is 17.2 Å². The molecule has 3 heteroatoms. The van der Waals surface area contributed by atoms with Crippen LogP contribution in [0.4, 0.5) is 0 Å². The van der Waals surface area contributed by atoms with E-state index in [-0.39, 0.29) is 17.2 Å². The van der Waals surface area contributed by atoms with Crippen molar-refractivity contribution in [3.8, 4) is 17.2 Å². The Morgan fingerprint density at radius 2 is 1.04 bits per heavy atom. The van der Waals surface area contributed by atoms with Crippen LogP contribution in [-0.4, -0.2) is 15.3 Å². The second kappa shape index (κ2) is 6.28. The van der Waals surface area contributed by atoms with Crippen molar-refractivity contribution >= 4 is 0 Å². The van der Waals surface area contributed by atoms with Gasteiger partial charge in [0, 0.05) is 16.5 Å². The highest BCUT2D eigenvalue weighted by Crippen LogP contribution is 2.44. The Labute approximate surface area is 141 Å². The fourth-order valence-electron chi connectivity index (χ4n) is 3.26. The van der Waals surface area contributed by atoms with E-state index in [2.05, 4.69) is 0 Å². The van der Waals surface area contributed by atoms with Crippen molar-refractivity contribution in [1.82, 2.24) is 0 Å². The number of phenols is 3. The van der Waals surface area contributed by atoms with Gasteiger partial charge in [0.15, 0.2) is 0 Å². The van der Waals surface area contributed by atoms with Crippen LogP contribution >= 0.6 is 0 Å². The van der Waals surface area contributed by atoms with Crippen molar-refractivity contribution in [2.45, 2.75) is 18.8 Å². The highest BCUT2D eigenvalue weighted by atomic mass is 16.3. The normalized spacial score (nSPS) is 11.4. The molecule has 3 aromatic carbocycles. The fourth-order valence-corrected chi connectivity index (χ4v) is 3.26. The Hall–Kier alpha value is -2.94. The van der Waals surface area contributed by atoms with Crippen molar-refractivity contribution in [3.05, 3.63) is 89.5 Å². The van der Waals surface area contributed by atoms with Gasteiger partial charge in [-0.3, -0.25) is 0 Å². The van der Waals surface area contributed by atoms with E-state index in [1.54, 1.807) is 36.4 Å². The second-order valence-corrected chi connectivity index (χ2v) is 6.17. The molecule has 0 saturated carbocycles. The van der Waals surface area contributed by atoms with Crippen LogP contribution in [0.3, 0.4) is 0 Å². The first-order valence-corrected chi connectivity index (χ1v) is 7.86. The van der Waals surface area contributed by atoms with E-state index in [1.807, 2.05) is 43.3 Å². The molecule has 122 valence electrons. The third kappa shape index (κ3) is 2.81. The van der Waals surface area contributed by atoms with E-state index in [1.165, 1.54) is 0 Å². The maximum Gasteiger partial charge on any atom is 0.119 e. The quantitative estimate of drug-likeness (QED) is 0.669. The van der Waals surface area contributed by atoms with Crippen molar-refractivity contribution in [1.29, 1.82) is 0 Å². The minimum Gasteiger partial charge on any atom is -0.508 e. The third-order valence-electron chi connectivity index (χ3n) is 4.53. The van der Waals surface area contributed by atoms with E-state index in [9.17, 15) is 15.3 Å². The van der Waals surface area contributed by atoms with Crippen molar-refractivity contribution in [3.63, 3.8) is 0 Å². The molecule has 3 N–H and O–H groups in total. The fraction of sp³-hybridized carbons (Fsp3) is 0.143. The van der Waals surface area contributed by atoms with Gasteiger partial charge in [-0.25, -0.2) is 0 Å². The second-order valence-electron chi connectivity index (χ2n) is 6.17. The van der Waals surface area contributed by atoms with Crippen LogP contribution in [0.2, 0.25) is 0 Å². The summed E-state index contributed by atoms with van der Waals surface area (Å²) >= 11 is 0. The third-order valence-corrected chi connectivity index (χ3v) is 4.53. The Balaban J connectivity index is 2.20. The van der Waals surface area contributed by atoms with Crippen LogP contribution in [0.15, 0.2) is 72.8 Å². The van der Waals surface area contributed by atoms with Gasteiger partial charge < -0.3 is 15.3 Å². The predicted octanol–water partition coefficient (Wildman–Crippen LogP) is 4.35.